The number of amides is 1. The van der Waals surface area contributed by atoms with Crippen LogP contribution < -0.4 is 5.32 Å². The van der Waals surface area contributed by atoms with Gasteiger partial charge in [0.25, 0.3) is 11.8 Å². The second-order valence-electron chi connectivity index (χ2n) is 5.01. The van der Waals surface area contributed by atoms with E-state index in [-0.39, 0.29) is 5.56 Å². The SMILES string of the molecule is CCc1nnc(-c2cc(NC(=O)c3cc(Cl)ccc3F)c(C)s2)o1. The number of hydrogen-bond acceptors (Lipinski definition) is 5. The molecule has 1 N–H and O–H groups in total. The van der Waals surface area contributed by atoms with Gasteiger partial charge in [-0.3, -0.25) is 4.79 Å². The van der Waals surface area contributed by atoms with Gasteiger partial charge in [-0.25, -0.2) is 4.39 Å². The first-order valence-electron chi connectivity index (χ1n) is 7.17. The lowest BCUT2D eigenvalue weighted by molar-refractivity contribution is 0.102. The van der Waals surface area contributed by atoms with E-state index in [0.717, 1.165) is 15.8 Å². The number of aryl methyl sites for hydroxylation is 2. The summed E-state index contributed by atoms with van der Waals surface area (Å²) in [5.41, 5.74) is 0.455. The van der Waals surface area contributed by atoms with Crippen LogP contribution in [0, 0.1) is 12.7 Å². The zero-order chi connectivity index (χ0) is 17.3. The van der Waals surface area contributed by atoms with E-state index in [1.54, 1.807) is 6.07 Å². The van der Waals surface area contributed by atoms with Gasteiger partial charge in [-0.1, -0.05) is 18.5 Å². The lowest BCUT2D eigenvalue weighted by Gasteiger charge is -2.05. The molecule has 0 fully saturated rings. The summed E-state index contributed by atoms with van der Waals surface area (Å²) < 4.78 is 19.3. The summed E-state index contributed by atoms with van der Waals surface area (Å²) in [5, 5.41) is 10.9. The Hall–Kier alpha value is -2.25. The highest BCUT2D eigenvalue weighted by molar-refractivity contribution is 7.15. The van der Waals surface area contributed by atoms with Crippen LogP contribution in [-0.2, 0) is 6.42 Å². The molecule has 0 spiro atoms. The van der Waals surface area contributed by atoms with Gasteiger partial charge in [-0.2, -0.15) is 0 Å². The number of hydrogen-bond donors (Lipinski definition) is 1. The first-order valence-corrected chi connectivity index (χ1v) is 8.37. The van der Waals surface area contributed by atoms with Crippen molar-refractivity contribution in [3.8, 4) is 10.8 Å². The number of rotatable bonds is 4. The van der Waals surface area contributed by atoms with E-state index in [1.807, 2.05) is 13.8 Å². The summed E-state index contributed by atoms with van der Waals surface area (Å²) in [6.45, 7) is 3.76. The molecular formula is C16H13ClFN3O2S. The Morgan fingerprint density at radius 3 is 2.88 bits per heavy atom. The molecule has 124 valence electrons. The largest absolute Gasteiger partial charge is 0.420 e. The zero-order valence-corrected chi connectivity index (χ0v) is 14.5. The molecule has 1 aromatic carbocycles. The molecule has 0 aliphatic heterocycles. The van der Waals surface area contributed by atoms with E-state index < -0.39 is 11.7 Å². The smallest absolute Gasteiger partial charge is 0.258 e. The van der Waals surface area contributed by atoms with Crippen molar-refractivity contribution in [2.24, 2.45) is 0 Å². The summed E-state index contributed by atoms with van der Waals surface area (Å²) in [7, 11) is 0. The van der Waals surface area contributed by atoms with Crippen LogP contribution >= 0.6 is 22.9 Å². The monoisotopic (exact) mass is 365 g/mol. The molecule has 24 heavy (non-hydrogen) atoms. The van der Waals surface area contributed by atoms with Crippen molar-refractivity contribution >= 4 is 34.5 Å². The van der Waals surface area contributed by atoms with Crippen LogP contribution in [0.5, 0.6) is 0 Å². The van der Waals surface area contributed by atoms with Crippen molar-refractivity contribution in [3.63, 3.8) is 0 Å². The second kappa shape index (κ2) is 6.70. The number of carbonyl (C=O) groups is 1. The Morgan fingerprint density at radius 1 is 1.38 bits per heavy atom. The maximum Gasteiger partial charge on any atom is 0.258 e. The quantitative estimate of drug-likeness (QED) is 0.726. The summed E-state index contributed by atoms with van der Waals surface area (Å²) in [4.78, 5) is 13.9. The molecule has 1 amide bonds. The van der Waals surface area contributed by atoms with E-state index >= 15 is 0 Å². The van der Waals surface area contributed by atoms with Crippen LogP contribution in [-0.4, -0.2) is 16.1 Å². The predicted octanol–water partition coefficient (Wildman–Crippen LogP) is 4.71. The average Bonchev–Trinajstić information content (AvgIpc) is 3.17. The first-order chi connectivity index (χ1) is 11.5. The Labute approximate surface area is 146 Å². The summed E-state index contributed by atoms with van der Waals surface area (Å²) >= 11 is 7.23. The molecule has 8 heteroatoms. The van der Waals surface area contributed by atoms with Crippen LogP contribution in [0.4, 0.5) is 10.1 Å². The van der Waals surface area contributed by atoms with Gasteiger partial charge in [0, 0.05) is 16.3 Å². The molecule has 0 aliphatic carbocycles. The fourth-order valence-electron chi connectivity index (χ4n) is 2.07. The molecule has 0 radical (unpaired) electrons. The third-order valence-corrected chi connectivity index (χ3v) is 4.59. The van der Waals surface area contributed by atoms with E-state index in [2.05, 4.69) is 15.5 Å². The average molecular weight is 366 g/mol. The Balaban J connectivity index is 1.85. The molecule has 0 unspecified atom stereocenters. The number of aromatic nitrogens is 2. The molecule has 2 aromatic heterocycles. The summed E-state index contributed by atoms with van der Waals surface area (Å²) in [6, 6.07) is 5.57. The normalized spacial score (nSPS) is 10.8. The van der Waals surface area contributed by atoms with E-state index in [9.17, 15) is 9.18 Å². The van der Waals surface area contributed by atoms with Crippen LogP contribution in [0.1, 0.15) is 28.0 Å². The highest BCUT2D eigenvalue weighted by Gasteiger charge is 2.17. The van der Waals surface area contributed by atoms with Gasteiger partial charge >= 0.3 is 0 Å². The topological polar surface area (TPSA) is 68.0 Å². The van der Waals surface area contributed by atoms with Crippen molar-refractivity contribution in [1.82, 2.24) is 10.2 Å². The van der Waals surface area contributed by atoms with Gasteiger partial charge in [0.2, 0.25) is 5.89 Å². The maximum absolute atomic E-state index is 13.8. The van der Waals surface area contributed by atoms with Crippen LogP contribution in [0.2, 0.25) is 5.02 Å². The first kappa shape index (κ1) is 16.6. The fraction of sp³-hybridized carbons (Fsp3) is 0.188. The lowest BCUT2D eigenvalue weighted by atomic mass is 10.2. The lowest BCUT2D eigenvalue weighted by Crippen LogP contribution is -2.13. The molecule has 0 aliphatic rings. The third kappa shape index (κ3) is 3.32. The minimum atomic E-state index is -0.630. The van der Waals surface area contributed by atoms with Crippen LogP contribution in [0.25, 0.3) is 10.8 Å². The van der Waals surface area contributed by atoms with Crippen molar-refractivity contribution in [2.45, 2.75) is 20.3 Å². The minimum Gasteiger partial charge on any atom is -0.420 e. The summed E-state index contributed by atoms with van der Waals surface area (Å²) in [5.74, 6) is -0.256. The van der Waals surface area contributed by atoms with Gasteiger partial charge in [-0.05, 0) is 31.2 Å². The number of anilines is 1. The third-order valence-electron chi connectivity index (χ3n) is 3.32. The fourth-order valence-corrected chi connectivity index (χ4v) is 3.14. The number of thiophene rings is 1. The van der Waals surface area contributed by atoms with Gasteiger partial charge in [-0.15, -0.1) is 21.5 Å². The number of carbonyl (C=O) groups excluding carboxylic acids is 1. The molecule has 5 nitrogen and oxygen atoms in total. The second-order valence-corrected chi connectivity index (χ2v) is 6.71. The predicted molar refractivity (Wildman–Crippen MR) is 91.1 cm³/mol. The minimum absolute atomic E-state index is 0.110. The molecule has 3 rings (SSSR count). The van der Waals surface area contributed by atoms with Crippen LogP contribution in [0.15, 0.2) is 28.7 Å². The molecule has 0 atom stereocenters. The molecular weight excluding hydrogens is 353 g/mol. The van der Waals surface area contributed by atoms with Gasteiger partial charge in [0.1, 0.15) is 5.82 Å². The van der Waals surface area contributed by atoms with Crippen molar-refractivity contribution in [1.29, 1.82) is 0 Å². The van der Waals surface area contributed by atoms with E-state index in [1.165, 1.54) is 23.5 Å². The molecule has 3 aromatic rings. The van der Waals surface area contributed by atoms with E-state index in [0.29, 0.717) is 28.9 Å². The van der Waals surface area contributed by atoms with E-state index in [4.69, 9.17) is 16.0 Å². The van der Waals surface area contributed by atoms with Gasteiger partial charge in [0.05, 0.1) is 16.1 Å². The summed E-state index contributed by atoms with van der Waals surface area (Å²) in [6.07, 6.45) is 0.648. The maximum atomic E-state index is 13.8. The molecule has 2 heterocycles. The number of benzene rings is 1. The highest BCUT2D eigenvalue weighted by Crippen LogP contribution is 2.34. The van der Waals surface area contributed by atoms with Crippen molar-refractivity contribution < 1.29 is 13.6 Å². The van der Waals surface area contributed by atoms with Crippen molar-refractivity contribution in [2.75, 3.05) is 5.32 Å². The molecule has 0 bridgehead atoms. The number of nitrogens with zero attached hydrogens (tertiary/aromatic N) is 2. The zero-order valence-electron chi connectivity index (χ0n) is 12.9. The molecule has 0 saturated carbocycles. The molecule has 0 saturated heterocycles. The Kier molecular flexibility index (Phi) is 4.64. The van der Waals surface area contributed by atoms with Gasteiger partial charge in [0.15, 0.2) is 0 Å². The van der Waals surface area contributed by atoms with Crippen LogP contribution in [0.3, 0.4) is 0 Å². The Morgan fingerprint density at radius 2 is 2.17 bits per heavy atom. The number of nitrogens with one attached hydrogen (secondary N) is 1. The standard InChI is InChI=1S/C16H13ClFN3O2S/c1-3-14-20-21-16(23-14)13-7-12(8(2)24-13)19-15(22)10-6-9(17)4-5-11(10)18/h4-7H,3H2,1-2H3,(H,19,22). The van der Waals surface area contributed by atoms with Crippen molar-refractivity contribution in [3.05, 3.63) is 51.4 Å². The Bertz CT molecular complexity index is 907. The highest BCUT2D eigenvalue weighted by atomic mass is 35.5. The van der Waals surface area contributed by atoms with Gasteiger partial charge < -0.3 is 9.73 Å². The number of halogens is 2.